The van der Waals surface area contributed by atoms with Crippen LogP contribution in [0, 0.1) is 0 Å². The highest BCUT2D eigenvalue weighted by Gasteiger charge is 2.22. The summed E-state index contributed by atoms with van der Waals surface area (Å²) in [5.74, 6) is 2.00. The monoisotopic (exact) mass is 270 g/mol. The second-order valence-electron chi connectivity index (χ2n) is 4.78. The zero-order chi connectivity index (χ0) is 12.8. The summed E-state index contributed by atoms with van der Waals surface area (Å²) in [6.45, 7) is 2.95. The number of aromatic nitrogens is 4. The fourth-order valence-electron chi connectivity index (χ4n) is 2.44. The van der Waals surface area contributed by atoms with Crippen LogP contribution in [0.1, 0.15) is 56.1 Å². The van der Waals surface area contributed by atoms with Gasteiger partial charge < -0.3 is 4.74 Å². The van der Waals surface area contributed by atoms with E-state index in [0.717, 1.165) is 18.2 Å². The molecule has 1 aliphatic rings. The zero-order valence-electron chi connectivity index (χ0n) is 11.2. The van der Waals surface area contributed by atoms with Crippen molar-refractivity contribution in [3.8, 4) is 0 Å². The first kappa shape index (κ1) is 13.8. The Labute approximate surface area is 113 Å². The minimum Gasteiger partial charge on any atom is -0.384 e. The van der Waals surface area contributed by atoms with Crippen LogP contribution in [0.15, 0.2) is 0 Å². The second-order valence-corrected chi connectivity index (χ2v) is 6.23. The SMILES string of the molecule is COCCS[C@@H](C)c1nnnn1C1CCCCC1. The lowest BCUT2D eigenvalue weighted by molar-refractivity contribution is 0.218. The molecule has 18 heavy (non-hydrogen) atoms. The van der Waals surface area contributed by atoms with Gasteiger partial charge in [0, 0.05) is 12.9 Å². The average Bonchev–Trinajstić information content (AvgIpc) is 2.89. The highest BCUT2D eigenvalue weighted by Crippen LogP contribution is 2.32. The fraction of sp³-hybridized carbons (Fsp3) is 0.917. The molecule has 0 aromatic carbocycles. The molecule has 0 amide bonds. The van der Waals surface area contributed by atoms with Gasteiger partial charge in [-0.3, -0.25) is 0 Å². The minimum atomic E-state index is 0.331. The molecule has 102 valence electrons. The molecule has 1 atom stereocenters. The van der Waals surface area contributed by atoms with Crippen LogP contribution < -0.4 is 0 Å². The Morgan fingerprint density at radius 3 is 2.89 bits per heavy atom. The molecule has 0 aliphatic heterocycles. The Hall–Kier alpha value is -0.620. The van der Waals surface area contributed by atoms with Gasteiger partial charge >= 0.3 is 0 Å². The number of ether oxygens (including phenoxy) is 1. The third-order valence-electron chi connectivity index (χ3n) is 3.46. The number of methoxy groups -OCH3 is 1. The van der Waals surface area contributed by atoms with Gasteiger partial charge in [0.2, 0.25) is 0 Å². The van der Waals surface area contributed by atoms with E-state index in [-0.39, 0.29) is 0 Å². The van der Waals surface area contributed by atoms with Gasteiger partial charge in [0.25, 0.3) is 0 Å². The molecule has 0 bridgehead atoms. The van der Waals surface area contributed by atoms with Gasteiger partial charge in [-0.2, -0.15) is 0 Å². The molecule has 5 nitrogen and oxygen atoms in total. The van der Waals surface area contributed by atoms with E-state index >= 15 is 0 Å². The number of hydrogen-bond donors (Lipinski definition) is 0. The Morgan fingerprint density at radius 2 is 2.17 bits per heavy atom. The van der Waals surface area contributed by atoms with Crippen LogP contribution >= 0.6 is 11.8 Å². The van der Waals surface area contributed by atoms with Crippen LogP contribution in [0.2, 0.25) is 0 Å². The first-order chi connectivity index (χ1) is 8.83. The van der Waals surface area contributed by atoms with Crippen LogP contribution in [0.25, 0.3) is 0 Å². The number of thioether (sulfide) groups is 1. The third kappa shape index (κ3) is 3.45. The van der Waals surface area contributed by atoms with E-state index in [0.29, 0.717) is 11.3 Å². The summed E-state index contributed by atoms with van der Waals surface area (Å²) in [4.78, 5) is 0. The number of nitrogens with zero attached hydrogens (tertiary/aromatic N) is 4. The summed E-state index contributed by atoms with van der Waals surface area (Å²) in [5.41, 5.74) is 0. The van der Waals surface area contributed by atoms with Crippen molar-refractivity contribution in [3.63, 3.8) is 0 Å². The predicted octanol–water partition coefficient (Wildman–Crippen LogP) is 2.62. The number of hydrogen-bond acceptors (Lipinski definition) is 5. The quantitative estimate of drug-likeness (QED) is 0.744. The molecule has 1 aromatic heterocycles. The van der Waals surface area contributed by atoms with Crippen LogP contribution in [-0.4, -0.2) is 39.7 Å². The normalized spacial score (nSPS) is 19.0. The molecule has 1 heterocycles. The lowest BCUT2D eigenvalue weighted by Gasteiger charge is -2.23. The molecular formula is C12H22N4OS. The van der Waals surface area contributed by atoms with Crippen molar-refractivity contribution in [3.05, 3.63) is 5.82 Å². The van der Waals surface area contributed by atoms with Gasteiger partial charge in [0.1, 0.15) is 0 Å². The zero-order valence-corrected chi connectivity index (χ0v) is 12.0. The van der Waals surface area contributed by atoms with E-state index in [1.807, 2.05) is 11.8 Å². The Bertz CT molecular complexity index is 352. The smallest absolute Gasteiger partial charge is 0.164 e. The molecule has 0 saturated heterocycles. The van der Waals surface area contributed by atoms with E-state index < -0.39 is 0 Å². The molecule has 1 fully saturated rings. The van der Waals surface area contributed by atoms with Crippen LogP contribution in [0.3, 0.4) is 0 Å². The molecule has 0 spiro atoms. The minimum absolute atomic E-state index is 0.331. The highest BCUT2D eigenvalue weighted by atomic mass is 32.2. The van der Waals surface area contributed by atoms with Gasteiger partial charge in [-0.05, 0) is 30.2 Å². The lowest BCUT2D eigenvalue weighted by Crippen LogP contribution is -2.17. The van der Waals surface area contributed by atoms with E-state index in [1.165, 1.54) is 32.1 Å². The average molecular weight is 270 g/mol. The topological polar surface area (TPSA) is 52.8 Å². The summed E-state index contributed by atoms with van der Waals surface area (Å²) in [6, 6.07) is 0.509. The second kappa shape index (κ2) is 7.09. The maximum Gasteiger partial charge on any atom is 0.164 e. The predicted molar refractivity (Wildman–Crippen MR) is 72.7 cm³/mol. The largest absolute Gasteiger partial charge is 0.384 e. The fourth-order valence-corrected chi connectivity index (χ4v) is 3.36. The molecule has 6 heteroatoms. The van der Waals surface area contributed by atoms with E-state index in [4.69, 9.17) is 4.74 Å². The molecule has 1 aliphatic carbocycles. The third-order valence-corrected chi connectivity index (χ3v) is 4.57. The Kier molecular flexibility index (Phi) is 5.44. The van der Waals surface area contributed by atoms with Crippen LogP contribution in [0.4, 0.5) is 0 Å². The van der Waals surface area contributed by atoms with Crippen molar-refractivity contribution < 1.29 is 4.74 Å². The van der Waals surface area contributed by atoms with E-state index in [2.05, 4.69) is 27.1 Å². The first-order valence-electron chi connectivity index (χ1n) is 6.71. The first-order valence-corrected chi connectivity index (χ1v) is 7.76. The summed E-state index contributed by atoms with van der Waals surface area (Å²) >= 11 is 1.85. The number of rotatable bonds is 6. The van der Waals surface area contributed by atoms with Crippen molar-refractivity contribution >= 4 is 11.8 Å². The summed E-state index contributed by atoms with van der Waals surface area (Å²) in [5, 5.41) is 12.6. The van der Waals surface area contributed by atoms with Crippen molar-refractivity contribution in [1.82, 2.24) is 20.2 Å². The van der Waals surface area contributed by atoms with Crippen molar-refractivity contribution in [2.75, 3.05) is 19.5 Å². The van der Waals surface area contributed by atoms with E-state index in [9.17, 15) is 0 Å². The van der Waals surface area contributed by atoms with Gasteiger partial charge in [0.15, 0.2) is 5.82 Å². The summed E-state index contributed by atoms with van der Waals surface area (Å²) in [7, 11) is 1.73. The Morgan fingerprint density at radius 1 is 1.39 bits per heavy atom. The summed E-state index contributed by atoms with van der Waals surface area (Å²) in [6.07, 6.45) is 6.39. The standard InChI is InChI=1S/C12H22N4OS/c1-10(18-9-8-17-2)12-13-14-15-16(12)11-6-4-3-5-7-11/h10-11H,3-9H2,1-2H3/t10-/m0/s1. The maximum absolute atomic E-state index is 5.08. The number of tetrazole rings is 1. The molecule has 2 rings (SSSR count). The van der Waals surface area contributed by atoms with Crippen molar-refractivity contribution in [1.29, 1.82) is 0 Å². The molecule has 0 unspecified atom stereocenters. The van der Waals surface area contributed by atoms with Crippen LogP contribution in [0.5, 0.6) is 0 Å². The maximum atomic E-state index is 5.08. The highest BCUT2D eigenvalue weighted by molar-refractivity contribution is 7.99. The van der Waals surface area contributed by atoms with Gasteiger partial charge in [-0.15, -0.1) is 16.9 Å². The molecule has 1 saturated carbocycles. The van der Waals surface area contributed by atoms with Gasteiger partial charge in [0.05, 0.1) is 17.9 Å². The Balaban J connectivity index is 1.97. The van der Waals surface area contributed by atoms with Gasteiger partial charge in [-0.1, -0.05) is 19.3 Å². The van der Waals surface area contributed by atoms with Crippen molar-refractivity contribution in [2.24, 2.45) is 0 Å². The molecule has 1 aromatic rings. The van der Waals surface area contributed by atoms with Gasteiger partial charge in [-0.25, -0.2) is 4.68 Å². The molecule has 0 radical (unpaired) electrons. The molecular weight excluding hydrogens is 248 g/mol. The van der Waals surface area contributed by atoms with Crippen molar-refractivity contribution in [2.45, 2.75) is 50.3 Å². The van der Waals surface area contributed by atoms with Crippen LogP contribution in [-0.2, 0) is 4.74 Å². The van der Waals surface area contributed by atoms with E-state index in [1.54, 1.807) is 7.11 Å². The summed E-state index contributed by atoms with van der Waals surface area (Å²) < 4.78 is 7.14. The molecule has 0 N–H and O–H groups in total. The lowest BCUT2D eigenvalue weighted by atomic mass is 9.95.